The summed E-state index contributed by atoms with van der Waals surface area (Å²) in [6.07, 6.45) is 1.78. The minimum Gasteiger partial charge on any atom is -0.520 e. The molecule has 4 aromatic carbocycles. The van der Waals surface area contributed by atoms with Crippen LogP contribution in [0.3, 0.4) is 0 Å². The lowest BCUT2D eigenvalue weighted by Crippen LogP contribution is -2.54. The van der Waals surface area contributed by atoms with Crippen LogP contribution >= 0.6 is 0 Å². The van der Waals surface area contributed by atoms with Crippen molar-refractivity contribution in [3.8, 4) is 11.1 Å². The van der Waals surface area contributed by atoms with Gasteiger partial charge < -0.3 is 13.9 Å². The molecule has 5 rings (SSSR count). The van der Waals surface area contributed by atoms with Crippen molar-refractivity contribution in [2.24, 2.45) is 0 Å². The van der Waals surface area contributed by atoms with E-state index in [4.69, 9.17) is 13.9 Å². The SMILES string of the molecule is COC(=O)C(/C=C(/OC)O[Si](C)(C)C)N(Cc1ccccc1)C1(c2ccccc2)c2ccccc2-c2ccccc21. The molecule has 1 aliphatic rings. The van der Waals surface area contributed by atoms with Crippen LogP contribution in [0.15, 0.2) is 121 Å². The second-order valence-corrected chi connectivity index (χ2v) is 15.6. The predicted octanol–water partition coefficient (Wildman–Crippen LogP) is 7.34. The van der Waals surface area contributed by atoms with Crippen LogP contribution in [0.2, 0.25) is 19.6 Å². The summed E-state index contributed by atoms with van der Waals surface area (Å²) in [5.74, 6) is -0.0766. The van der Waals surface area contributed by atoms with Crippen LogP contribution < -0.4 is 0 Å². The summed E-state index contributed by atoms with van der Waals surface area (Å²) >= 11 is 0. The van der Waals surface area contributed by atoms with Gasteiger partial charge in [-0.3, -0.25) is 9.69 Å². The monoisotopic (exact) mass is 563 g/mol. The topological polar surface area (TPSA) is 48.0 Å². The lowest BCUT2D eigenvalue weighted by molar-refractivity contribution is -0.147. The third kappa shape index (κ3) is 5.45. The maximum absolute atomic E-state index is 13.9. The lowest BCUT2D eigenvalue weighted by Gasteiger charge is -2.46. The van der Waals surface area contributed by atoms with Gasteiger partial charge in [-0.1, -0.05) is 109 Å². The molecule has 0 saturated carbocycles. The van der Waals surface area contributed by atoms with Gasteiger partial charge in [0, 0.05) is 12.6 Å². The first-order valence-electron chi connectivity index (χ1n) is 13.9. The summed E-state index contributed by atoms with van der Waals surface area (Å²) in [5, 5.41) is 0. The molecule has 41 heavy (non-hydrogen) atoms. The number of ether oxygens (including phenoxy) is 2. The molecule has 0 heterocycles. The third-order valence-electron chi connectivity index (χ3n) is 7.42. The number of esters is 1. The number of benzene rings is 4. The molecule has 0 aromatic heterocycles. The van der Waals surface area contributed by atoms with E-state index >= 15 is 0 Å². The maximum atomic E-state index is 13.9. The van der Waals surface area contributed by atoms with Crippen molar-refractivity contribution < 1.29 is 18.7 Å². The summed E-state index contributed by atoms with van der Waals surface area (Å²) in [6, 6.07) is 36.8. The van der Waals surface area contributed by atoms with Crippen LogP contribution in [0, 0.1) is 0 Å². The highest BCUT2D eigenvalue weighted by atomic mass is 28.4. The van der Waals surface area contributed by atoms with Gasteiger partial charge in [0.15, 0.2) is 0 Å². The van der Waals surface area contributed by atoms with Crippen LogP contribution in [-0.4, -0.2) is 39.4 Å². The fraction of sp³-hybridized carbons (Fsp3) is 0.229. The summed E-state index contributed by atoms with van der Waals surface area (Å²) in [4.78, 5) is 16.1. The molecule has 0 bridgehead atoms. The maximum Gasteiger partial charge on any atom is 0.327 e. The highest BCUT2D eigenvalue weighted by Crippen LogP contribution is 2.55. The average molecular weight is 564 g/mol. The Labute approximate surface area is 244 Å². The van der Waals surface area contributed by atoms with Gasteiger partial charge in [-0.2, -0.15) is 0 Å². The number of carbonyl (C=O) groups is 1. The molecular weight excluding hydrogens is 526 g/mol. The number of rotatable bonds is 10. The largest absolute Gasteiger partial charge is 0.520 e. The van der Waals surface area contributed by atoms with E-state index in [1.54, 1.807) is 13.2 Å². The Hall–Kier alpha value is -4.13. The minimum atomic E-state index is -2.06. The molecule has 1 atom stereocenters. The van der Waals surface area contributed by atoms with Crippen molar-refractivity contribution in [2.45, 2.75) is 37.8 Å². The number of fused-ring (bicyclic) bond motifs is 3. The number of hydrogen-bond acceptors (Lipinski definition) is 5. The Morgan fingerprint density at radius 3 is 1.78 bits per heavy atom. The van der Waals surface area contributed by atoms with Crippen molar-refractivity contribution in [3.63, 3.8) is 0 Å². The normalized spacial score (nSPS) is 14.6. The number of methoxy groups -OCH3 is 2. The molecule has 1 aliphatic carbocycles. The van der Waals surface area contributed by atoms with Crippen LogP contribution in [0.25, 0.3) is 11.1 Å². The van der Waals surface area contributed by atoms with Crippen molar-refractivity contribution in [2.75, 3.05) is 14.2 Å². The lowest BCUT2D eigenvalue weighted by atomic mass is 9.77. The van der Waals surface area contributed by atoms with Crippen molar-refractivity contribution in [1.29, 1.82) is 0 Å². The Bertz CT molecular complexity index is 1480. The van der Waals surface area contributed by atoms with Crippen molar-refractivity contribution in [1.82, 2.24) is 4.90 Å². The van der Waals surface area contributed by atoms with E-state index in [0.717, 1.165) is 33.4 Å². The van der Waals surface area contributed by atoms with Gasteiger partial charge in [0.25, 0.3) is 5.95 Å². The van der Waals surface area contributed by atoms with Gasteiger partial charge in [0.1, 0.15) is 6.04 Å². The van der Waals surface area contributed by atoms with E-state index < -0.39 is 25.9 Å². The molecule has 0 amide bonds. The molecule has 0 N–H and O–H groups in total. The Balaban J connectivity index is 1.87. The van der Waals surface area contributed by atoms with Gasteiger partial charge in [0.2, 0.25) is 8.32 Å². The predicted molar refractivity (Wildman–Crippen MR) is 166 cm³/mol. The first-order chi connectivity index (χ1) is 19.8. The summed E-state index contributed by atoms with van der Waals surface area (Å²) < 4.78 is 17.5. The Morgan fingerprint density at radius 1 is 0.756 bits per heavy atom. The fourth-order valence-electron chi connectivity index (χ4n) is 5.86. The first-order valence-corrected chi connectivity index (χ1v) is 17.3. The molecule has 5 nitrogen and oxygen atoms in total. The summed E-state index contributed by atoms with van der Waals surface area (Å²) in [7, 11) is 0.955. The van der Waals surface area contributed by atoms with Crippen LogP contribution in [-0.2, 0) is 30.8 Å². The zero-order chi connectivity index (χ0) is 29.0. The quantitative estimate of drug-likeness (QED) is 0.115. The zero-order valence-electron chi connectivity index (χ0n) is 24.3. The van der Waals surface area contributed by atoms with Crippen molar-refractivity contribution in [3.05, 3.63) is 143 Å². The van der Waals surface area contributed by atoms with E-state index in [9.17, 15) is 4.79 Å². The molecule has 0 spiro atoms. The van der Waals surface area contributed by atoms with Gasteiger partial charge >= 0.3 is 5.97 Å². The molecule has 1 unspecified atom stereocenters. The molecule has 0 fully saturated rings. The van der Waals surface area contributed by atoms with Crippen LogP contribution in [0.4, 0.5) is 0 Å². The second kappa shape index (κ2) is 11.8. The fourth-order valence-corrected chi connectivity index (χ4v) is 6.62. The van der Waals surface area contributed by atoms with Gasteiger partial charge in [0.05, 0.1) is 19.8 Å². The van der Waals surface area contributed by atoms with Gasteiger partial charge in [-0.25, -0.2) is 0 Å². The molecule has 210 valence electrons. The molecule has 4 aromatic rings. The average Bonchev–Trinajstić information content (AvgIpc) is 3.29. The number of nitrogens with zero attached hydrogens (tertiary/aromatic N) is 1. The highest BCUT2D eigenvalue weighted by molar-refractivity contribution is 6.70. The number of hydrogen-bond donors (Lipinski definition) is 0. The summed E-state index contributed by atoms with van der Waals surface area (Å²) in [5.41, 5.74) is 5.80. The minimum absolute atomic E-state index is 0.320. The van der Waals surface area contributed by atoms with E-state index in [1.807, 2.05) is 24.3 Å². The van der Waals surface area contributed by atoms with E-state index in [1.165, 1.54) is 7.11 Å². The van der Waals surface area contributed by atoms with Gasteiger partial charge in [-0.15, -0.1) is 0 Å². The van der Waals surface area contributed by atoms with Crippen molar-refractivity contribution >= 4 is 14.3 Å². The standard InChI is InChI=1S/C35H37NO4Si/c1-38-33(40-41(3,4)5)24-32(34(37)39-2)36(25-26-16-8-6-9-17-26)35(27-18-10-7-11-19-27)30-22-14-12-20-28(30)29-21-13-15-23-31(29)35/h6-24,32H,25H2,1-5H3/b33-24-. The first kappa shape index (κ1) is 28.4. The van der Waals surface area contributed by atoms with Crippen LogP contribution in [0.1, 0.15) is 22.3 Å². The zero-order valence-corrected chi connectivity index (χ0v) is 25.3. The molecule has 0 saturated heterocycles. The smallest absolute Gasteiger partial charge is 0.327 e. The molecule has 0 aliphatic heterocycles. The number of carbonyl (C=O) groups excluding carboxylic acids is 1. The Kier molecular flexibility index (Phi) is 8.15. The molecule has 6 heteroatoms. The summed E-state index contributed by atoms with van der Waals surface area (Å²) in [6.45, 7) is 6.72. The van der Waals surface area contributed by atoms with E-state index in [-0.39, 0.29) is 0 Å². The van der Waals surface area contributed by atoms with E-state index in [2.05, 4.69) is 109 Å². The third-order valence-corrected chi connectivity index (χ3v) is 8.24. The van der Waals surface area contributed by atoms with Gasteiger partial charge in [-0.05, 0) is 53.0 Å². The second-order valence-electron chi connectivity index (χ2n) is 11.2. The highest BCUT2D eigenvalue weighted by Gasteiger charge is 2.52. The molecule has 0 radical (unpaired) electrons. The molecular formula is C35H37NO4Si. The Morgan fingerprint density at radius 2 is 1.27 bits per heavy atom. The van der Waals surface area contributed by atoms with E-state index in [0.29, 0.717) is 12.5 Å². The van der Waals surface area contributed by atoms with Crippen LogP contribution in [0.5, 0.6) is 0 Å².